The van der Waals surface area contributed by atoms with Gasteiger partial charge < -0.3 is 5.11 Å². The third kappa shape index (κ3) is 3.50. The summed E-state index contributed by atoms with van der Waals surface area (Å²) in [5.41, 5.74) is 0.271. The summed E-state index contributed by atoms with van der Waals surface area (Å²) in [6.07, 6.45) is -0.354. The van der Waals surface area contributed by atoms with Crippen molar-refractivity contribution >= 4 is 16.0 Å². The van der Waals surface area contributed by atoms with Crippen LogP contribution in [0.25, 0.3) is 0 Å². The van der Waals surface area contributed by atoms with E-state index in [1.54, 1.807) is 0 Å². The second kappa shape index (κ2) is 5.24. The summed E-state index contributed by atoms with van der Waals surface area (Å²) < 4.78 is 38.9. The van der Waals surface area contributed by atoms with Gasteiger partial charge in [-0.25, -0.2) is 17.5 Å². The normalized spacial score (nSPS) is 11.4. The second-order valence-corrected chi connectivity index (χ2v) is 5.13. The number of halogens is 1. The highest BCUT2D eigenvalue weighted by Gasteiger charge is 2.20. The van der Waals surface area contributed by atoms with Gasteiger partial charge >= 0.3 is 5.97 Å². The van der Waals surface area contributed by atoms with Gasteiger partial charge in [0.15, 0.2) is 0 Å². The van der Waals surface area contributed by atoms with Crippen molar-refractivity contribution in [2.75, 3.05) is 6.54 Å². The molecule has 0 fully saturated rings. The first-order valence-corrected chi connectivity index (χ1v) is 6.29. The molecule has 0 atom stereocenters. The number of aliphatic carboxylic acids is 1. The molecular weight excluding hydrogens is 249 g/mol. The van der Waals surface area contributed by atoms with Crippen LogP contribution in [0, 0.1) is 12.7 Å². The minimum absolute atomic E-state index is 0.271. The summed E-state index contributed by atoms with van der Waals surface area (Å²) in [5, 5.41) is 8.38. The van der Waals surface area contributed by atoms with Gasteiger partial charge in [0.05, 0.1) is 6.42 Å². The molecule has 94 valence electrons. The molecule has 0 saturated carbocycles. The topological polar surface area (TPSA) is 83.5 Å². The standard InChI is InChI=1S/C10H12FNO4S/c1-7-3-2-4-8(11)10(7)17(15,16)12-6-5-9(13)14/h2-4,12H,5-6H2,1H3,(H,13,14). The lowest BCUT2D eigenvalue weighted by Crippen LogP contribution is -2.27. The van der Waals surface area contributed by atoms with Crippen molar-refractivity contribution in [2.24, 2.45) is 0 Å². The van der Waals surface area contributed by atoms with E-state index in [9.17, 15) is 17.6 Å². The van der Waals surface area contributed by atoms with Crippen LogP contribution in [0.2, 0.25) is 0 Å². The van der Waals surface area contributed by atoms with Gasteiger partial charge in [0.1, 0.15) is 10.7 Å². The number of hydrogen-bond donors (Lipinski definition) is 2. The molecule has 0 aliphatic carbocycles. The van der Waals surface area contributed by atoms with Crippen LogP contribution in [0.1, 0.15) is 12.0 Å². The maximum Gasteiger partial charge on any atom is 0.304 e. The molecule has 0 unspecified atom stereocenters. The number of benzene rings is 1. The van der Waals surface area contributed by atoms with Crippen LogP contribution in [0.4, 0.5) is 4.39 Å². The van der Waals surface area contributed by atoms with Gasteiger partial charge in [-0.15, -0.1) is 0 Å². The van der Waals surface area contributed by atoms with Crippen LogP contribution >= 0.6 is 0 Å². The number of carboxylic acids is 1. The van der Waals surface area contributed by atoms with Crippen molar-refractivity contribution in [1.29, 1.82) is 0 Å². The van der Waals surface area contributed by atoms with Crippen LogP contribution in [0.3, 0.4) is 0 Å². The van der Waals surface area contributed by atoms with Gasteiger partial charge in [-0.3, -0.25) is 4.79 Å². The quantitative estimate of drug-likeness (QED) is 0.824. The summed E-state index contributed by atoms with van der Waals surface area (Å²) in [5.74, 6) is -1.98. The van der Waals surface area contributed by atoms with Crippen molar-refractivity contribution in [1.82, 2.24) is 4.72 Å². The number of carbonyl (C=O) groups is 1. The zero-order valence-corrected chi connectivity index (χ0v) is 9.92. The molecular formula is C10H12FNO4S. The number of rotatable bonds is 5. The molecule has 0 radical (unpaired) electrons. The molecule has 0 spiro atoms. The third-order valence-electron chi connectivity index (χ3n) is 2.06. The zero-order chi connectivity index (χ0) is 13.1. The summed E-state index contributed by atoms with van der Waals surface area (Å²) in [6, 6.07) is 3.91. The SMILES string of the molecule is Cc1cccc(F)c1S(=O)(=O)NCCC(=O)O. The van der Waals surface area contributed by atoms with E-state index in [4.69, 9.17) is 5.11 Å². The van der Waals surface area contributed by atoms with Crippen molar-refractivity contribution in [3.8, 4) is 0 Å². The molecule has 1 rings (SSSR count). The maximum absolute atomic E-state index is 13.4. The number of carboxylic acid groups (broad SMARTS) is 1. The Labute approximate surface area is 98.3 Å². The molecule has 2 N–H and O–H groups in total. The van der Waals surface area contributed by atoms with Gasteiger partial charge in [0.2, 0.25) is 10.0 Å². The van der Waals surface area contributed by atoms with E-state index < -0.39 is 26.7 Å². The Morgan fingerprint density at radius 3 is 2.65 bits per heavy atom. The Balaban J connectivity index is 2.94. The van der Waals surface area contributed by atoms with Crippen LogP contribution in [-0.4, -0.2) is 26.0 Å². The predicted molar refractivity (Wildman–Crippen MR) is 58.6 cm³/mol. The average Bonchev–Trinajstić information content (AvgIpc) is 2.15. The van der Waals surface area contributed by atoms with Crippen LogP contribution < -0.4 is 4.72 Å². The Hall–Kier alpha value is -1.47. The molecule has 0 heterocycles. The number of hydrogen-bond acceptors (Lipinski definition) is 3. The highest BCUT2D eigenvalue weighted by molar-refractivity contribution is 7.89. The molecule has 0 aromatic heterocycles. The van der Waals surface area contributed by atoms with E-state index in [0.717, 1.165) is 6.07 Å². The molecule has 0 saturated heterocycles. The Morgan fingerprint density at radius 2 is 2.12 bits per heavy atom. The van der Waals surface area contributed by atoms with E-state index in [-0.39, 0.29) is 18.5 Å². The molecule has 0 bridgehead atoms. The first kappa shape index (κ1) is 13.6. The van der Waals surface area contributed by atoms with Gasteiger partial charge in [-0.05, 0) is 18.6 Å². The minimum atomic E-state index is -4.01. The Bertz CT molecular complexity index is 507. The van der Waals surface area contributed by atoms with Crippen molar-refractivity contribution in [3.63, 3.8) is 0 Å². The van der Waals surface area contributed by atoms with Crippen molar-refractivity contribution in [3.05, 3.63) is 29.6 Å². The second-order valence-electron chi connectivity index (χ2n) is 3.43. The molecule has 0 aliphatic rings. The van der Waals surface area contributed by atoms with E-state index in [1.165, 1.54) is 19.1 Å². The summed E-state index contributed by atoms with van der Waals surface area (Å²) in [4.78, 5) is 9.81. The zero-order valence-electron chi connectivity index (χ0n) is 9.10. The summed E-state index contributed by atoms with van der Waals surface area (Å²) in [6.45, 7) is 1.19. The fourth-order valence-corrected chi connectivity index (χ4v) is 2.65. The molecule has 17 heavy (non-hydrogen) atoms. The van der Waals surface area contributed by atoms with Gasteiger partial charge in [-0.2, -0.15) is 0 Å². The number of aryl methyl sites for hydroxylation is 1. The summed E-state index contributed by atoms with van der Waals surface area (Å²) in [7, 11) is -4.01. The monoisotopic (exact) mass is 261 g/mol. The van der Waals surface area contributed by atoms with Gasteiger partial charge in [-0.1, -0.05) is 12.1 Å². The largest absolute Gasteiger partial charge is 0.481 e. The number of sulfonamides is 1. The van der Waals surface area contributed by atoms with Crippen LogP contribution in [-0.2, 0) is 14.8 Å². The van der Waals surface area contributed by atoms with Gasteiger partial charge in [0.25, 0.3) is 0 Å². The first-order chi connectivity index (χ1) is 7.84. The molecule has 1 aromatic rings. The summed E-state index contributed by atoms with van der Waals surface area (Å²) >= 11 is 0. The lowest BCUT2D eigenvalue weighted by molar-refractivity contribution is -0.136. The molecule has 0 aliphatic heterocycles. The maximum atomic E-state index is 13.4. The third-order valence-corrected chi connectivity index (χ3v) is 3.70. The highest BCUT2D eigenvalue weighted by atomic mass is 32.2. The lowest BCUT2D eigenvalue weighted by Gasteiger charge is -2.09. The fraction of sp³-hybridized carbons (Fsp3) is 0.300. The van der Waals surface area contributed by atoms with Crippen LogP contribution in [0.15, 0.2) is 23.1 Å². The fourth-order valence-electron chi connectivity index (χ4n) is 1.32. The molecule has 5 nitrogen and oxygen atoms in total. The lowest BCUT2D eigenvalue weighted by atomic mass is 10.2. The molecule has 7 heteroatoms. The molecule has 1 aromatic carbocycles. The highest BCUT2D eigenvalue weighted by Crippen LogP contribution is 2.18. The molecule has 0 amide bonds. The predicted octanol–water partition coefficient (Wildman–Crippen LogP) is 0.887. The van der Waals surface area contributed by atoms with E-state index in [2.05, 4.69) is 0 Å². The number of nitrogens with one attached hydrogen (secondary N) is 1. The van der Waals surface area contributed by atoms with Crippen molar-refractivity contribution in [2.45, 2.75) is 18.2 Å². The van der Waals surface area contributed by atoms with E-state index >= 15 is 0 Å². The minimum Gasteiger partial charge on any atom is -0.481 e. The van der Waals surface area contributed by atoms with Crippen LogP contribution in [0.5, 0.6) is 0 Å². The average molecular weight is 261 g/mol. The Morgan fingerprint density at radius 1 is 1.47 bits per heavy atom. The first-order valence-electron chi connectivity index (χ1n) is 4.81. The van der Waals surface area contributed by atoms with Crippen molar-refractivity contribution < 1.29 is 22.7 Å². The van der Waals surface area contributed by atoms with E-state index in [0.29, 0.717) is 0 Å². The smallest absolute Gasteiger partial charge is 0.304 e. The Kier molecular flexibility index (Phi) is 4.19. The van der Waals surface area contributed by atoms with E-state index in [1.807, 2.05) is 4.72 Å². The van der Waals surface area contributed by atoms with Gasteiger partial charge in [0, 0.05) is 6.54 Å².